The van der Waals surface area contributed by atoms with E-state index in [1.165, 1.54) is 48.3 Å². The monoisotopic (exact) mass is 669 g/mol. The first-order chi connectivity index (χ1) is 21.7. The molecule has 4 heterocycles. The molecule has 14 heteroatoms. The van der Waals surface area contributed by atoms with Crippen LogP contribution in [0.5, 0.6) is 5.75 Å². The van der Waals surface area contributed by atoms with E-state index in [2.05, 4.69) is 24.6 Å². The van der Waals surface area contributed by atoms with Crippen molar-refractivity contribution in [1.82, 2.24) is 13.5 Å². The lowest BCUT2D eigenvalue weighted by Gasteiger charge is -2.18. The van der Waals surface area contributed by atoms with Gasteiger partial charge in [0.05, 0.1) is 39.6 Å². The summed E-state index contributed by atoms with van der Waals surface area (Å²) in [4.78, 5) is 17.7. The minimum atomic E-state index is -4.82. The van der Waals surface area contributed by atoms with Crippen molar-refractivity contribution < 1.29 is 35.5 Å². The number of rotatable bonds is 9. The maximum atomic E-state index is 14.5. The molecule has 0 unspecified atom stereocenters. The van der Waals surface area contributed by atoms with Crippen molar-refractivity contribution >= 4 is 51.0 Å². The predicted octanol–water partition coefficient (Wildman–Crippen LogP) is 7.34. The molecule has 9 nitrogen and oxygen atoms in total. The Hall–Kier alpha value is -4.40. The number of hydrogen-bond acceptors (Lipinski definition) is 7. The minimum Gasteiger partial charge on any atom is -0.497 e. The average Bonchev–Trinajstić information content (AvgIpc) is 3.61. The Kier molecular flexibility index (Phi) is 7.85. The standard InChI is InChI=1S/C32H30F3N3O6SSi/c1-42-20-16-25(32(33,34)35)28-27(17-20)44-31(39)24-18-26(37(29(24)28)19-43-14-15-46(2,3)4)22-10-12-36-30-23(22)11-13-38(30)45(40,41)21-8-6-5-7-9-21/h5-13,16-18H,14-15,19H2,1-4H3. The zero-order valence-corrected chi connectivity index (χ0v) is 27.2. The van der Waals surface area contributed by atoms with Gasteiger partial charge in [0.1, 0.15) is 18.1 Å². The second-order valence-corrected chi connectivity index (χ2v) is 19.5. The smallest absolute Gasteiger partial charge is 0.417 e. The first-order valence-corrected chi connectivity index (χ1v) is 19.5. The van der Waals surface area contributed by atoms with Gasteiger partial charge in [-0.25, -0.2) is 22.2 Å². The Morgan fingerprint density at radius 3 is 2.41 bits per heavy atom. The normalized spacial score (nSPS) is 12.8. The van der Waals surface area contributed by atoms with Gasteiger partial charge in [-0.3, -0.25) is 0 Å². The molecule has 0 amide bonds. The largest absolute Gasteiger partial charge is 0.497 e. The molecule has 0 radical (unpaired) electrons. The van der Waals surface area contributed by atoms with Gasteiger partial charge in [0.25, 0.3) is 10.0 Å². The van der Waals surface area contributed by atoms with Crippen LogP contribution in [0, 0.1) is 0 Å². The molecule has 240 valence electrons. The number of aromatic nitrogens is 3. The van der Waals surface area contributed by atoms with Gasteiger partial charge in [0.2, 0.25) is 0 Å². The van der Waals surface area contributed by atoms with Crippen molar-refractivity contribution in [2.24, 2.45) is 0 Å². The van der Waals surface area contributed by atoms with E-state index in [1.54, 1.807) is 30.3 Å². The lowest BCUT2D eigenvalue weighted by Crippen LogP contribution is -2.22. The van der Waals surface area contributed by atoms with Crippen LogP contribution in [0.4, 0.5) is 13.2 Å². The van der Waals surface area contributed by atoms with Crippen molar-refractivity contribution in [1.29, 1.82) is 0 Å². The maximum absolute atomic E-state index is 14.5. The third-order valence-corrected chi connectivity index (χ3v) is 11.1. The first kappa shape index (κ1) is 31.6. The van der Waals surface area contributed by atoms with Crippen molar-refractivity contribution in [3.63, 3.8) is 0 Å². The number of alkyl halides is 3. The summed E-state index contributed by atoms with van der Waals surface area (Å²) in [6, 6.07) is 15.4. The number of ether oxygens (including phenoxy) is 2. The Morgan fingerprint density at radius 1 is 1.00 bits per heavy atom. The number of benzene rings is 2. The molecule has 0 fully saturated rings. The fourth-order valence-corrected chi connectivity index (χ4v) is 7.49. The predicted molar refractivity (Wildman–Crippen MR) is 171 cm³/mol. The SMILES string of the molecule is COc1cc(C(F)(F)F)c2c(c1)oc(=O)c1cc(-c3ccnc4c3ccn4S(=O)(=O)c3ccccc3)n(COCC[Si](C)(C)C)c12. The van der Waals surface area contributed by atoms with Gasteiger partial charge in [-0.05, 0) is 42.4 Å². The number of pyridine rings is 1. The third kappa shape index (κ3) is 5.60. The topological polar surface area (TPSA) is 106 Å². The average molecular weight is 670 g/mol. The van der Waals surface area contributed by atoms with Crippen LogP contribution in [-0.4, -0.2) is 43.7 Å². The van der Waals surface area contributed by atoms with Crippen LogP contribution in [0.25, 0.3) is 44.2 Å². The van der Waals surface area contributed by atoms with Gasteiger partial charge in [-0.15, -0.1) is 0 Å². The summed E-state index contributed by atoms with van der Waals surface area (Å²) in [5.41, 5.74) is -1.33. The molecule has 2 aromatic carbocycles. The molecule has 4 aromatic heterocycles. The van der Waals surface area contributed by atoms with Gasteiger partial charge in [0.15, 0.2) is 5.65 Å². The fraction of sp³-hybridized carbons (Fsp3) is 0.250. The van der Waals surface area contributed by atoms with E-state index in [9.17, 15) is 26.4 Å². The quantitative estimate of drug-likeness (QED) is 0.0901. The molecule has 6 rings (SSSR count). The second kappa shape index (κ2) is 11.4. The van der Waals surface area contributed by atoms with E-state index < -0.39 is 35.5 Å². The van der Waals surface area contributed by atoms with Gasteiger partial charge < -0.3 is 18.5 Å². The van der Waals surface area contributed by atoms with Gasteiger partial charge in [-0.2, -0.15) is 13.2 Å². The van der Waals surface area contributed by atoms with Crippen molar-refractivity contribution in [2.75, 3.05) is 13.7 Å². The molecule has 0 saturated heterocycles. The molecule has 0 aliphatic carbocycles. The molecule has 0 spiro atoms. The van der Waals surface area contributed by atoms with Crippen molar-refractivity contribution in [3.05, 3.63) is 89.0 Å². The lowest BCUT2D eigenvalue weighted by atomic mass is 10.1. The third-order valence-electron chi connectivity index (χ3n) is 7.72. The van der Waals surface area contributed by atoms with Crippen LogP contribution < -0.4 is 10.4 Å². The van der Waals surface area contributed by atoms with E-state index in [0.717, 1.165) is 16.1 Å². The summed E-state index contributed by atoms with van der Waals surface area (Å²) in [6.07, 6.45) is -2.03. The van der Waals surface area contributed by atoms with E-state index in [0.29, 0.717) is 23.3 Å². The maximum Gasteiger partial charge on any atom is 0.417 e. The van der Waals surface area contributed by atoms with Gasteiger partial charge in [-0.1, -0.05) is 37.8 Å². The molecule has 0 aliphatic rings. The Morgan fingerprint density at radius 2 is 1.74 bits per heavy atom. The molecule has 0 aliphatic heterocycles. The first-order valence-electron chi connectivity index (χ1n) is 14.3. The van der Waals surface area contributed by atoms with Crippen molar-refractivity contribution in [2.45, 2.75) is 43.5 Å². The highest BCUT2D eigenvalue weighted by Gasteiger charge is 2.36. The van der Waals surface area contributed by atoms with E-state index in [1.807, 2.05) is 0 Å². The number of hydrogen-bond donors (Lipinski definition) is 0. The molecular formula is C32H30F3N3O6SSi. The minimum absolute atomic E-state index is 0.0227. The zero-order valence-electron chi connectivity index (χ0n) is 25.4. The summed E-state index contributed by atoms with van der Waals surface area (Å²) < 4.78 is 89.8. The zero-order chi connectivity index (χ0) is 33.0. The number of halogens is 3. The molecule has 0 N–H and O–H groups in total. The van der Waals surface area contributed by atoms with Gasteiger partial charge in [0, 0.05) is 44.1 Å². The summed E-state index contributed by atoms with van der Waals surface area (Å²) >= 11 is 0. The highest BCUT2D eigenvalue weighted by molar-refractivity contribution is 7.90. The Balaban J connectivity index is 1.64. The van der Waals surface area contributed by atoms with E-state index in [-0.39, 0.29) is 44.9 Å². The summed E-state index contributed by atoms with van der Waals surface area (Å²) in [5, 5.41) is -0.00898. The summed E-state index contributed by atoms with van der Waals surface area (Å²) in [5.74, 6) is -0.121. The highest BCUT2D eigenvalue weighted by atomic mass is 32.2. The van der Waals surface area contributed by atoms with Crippen molar-refractivity contribution in [3.8, 4) is 17.0 Å². The van der Waals surface area contributed by atoms with Crippen LogP contribution >= 0.6 is 0 Å². The van der Waals surface area contributed by atoms with Crippen LogP contribution in [-0.2, 0) is 27.7 Å². The molecule has 6 aromatic rings. The number of fused-ring (bicyclic) bond motifs is 4. The Labute approximate surface area is 262 Å². The van der Waals surface area contributed by atoms with Crippen LogP contribution in [0.15, 0.2) is 87.2 Å². The molecular weight excluding hydrogens is 640 g/mol. The van der Waals surface area contributed by atoms with Gasteiger partial charge >= 0.3 is 11.8 Å². The van der Waals surface area contributed by atoms with Crippen LogP contribution in [0.3, 0.4) is 0 Å². The molecule has 0 bridgehead atoms. The number of methoxy groups -OCH3 is 1. The van der Waals surface area contributed by atoms with E-state index in [4.69, 9.17) is 13.9 Å². The highest BCUT2D eigenvalue weighted by Crippen LogP contribution is 2.42. The van der Waals surface area contributed by atoms with Crippen LogP contribution in [0.1, 0.15) is 5.56 Å². The number of nitrogens with zero attached hydrogens (tertiary/aromatic N) is 3. The Bertz CT molecular complexity index is 2270. The van der Waals surface area contributed by atoms with E-state index >= 15 is 0 Å². The van der Waals surface area contributed by atoms with Crippen LogP contribution in [0.2, 0.25) is 25.7 Å². The summed E-state index contributed by atoms with van der Waals surface area (Å²) in [7, 11) is -4.32. The fourth-order valence-electron chi connectivity index (χ4n) is 5.42. The molecule has 46 heavy (non-hydrogen) atoms. The molecule has 0 atom stereocenters. The summed E-state index contributed by atoms with van der Waals surface area (Å²) in [6.45, 7) is 6.70. The molecule has 0 saturated carbocycles. The second-order valence-electron chi connectivity index (χ2n) is 12.0. The lowest BCUT2D eigenvalue weighted by molar-refractivity contribution is -0.136.